The largest absolute Gasteiger partial charge is 0.480 e. The number of hydrogen-bond donors (Lipinski definition) is 5. The van der Waals surface area contributed by atoms with E-state index >= 15 is 0 Å². The molecule has 0 radical (unpaired) electrons. The van der Waals surface area contributed by atoms with Gasteiger partial charge in [-0.05, 0) is 33.1 Å². The number of amides is 1. The lowest BCUT2D eigenvalue weighted by molar-refractivity contribution is -0.148. The van der Waals surface area contributed by atoms with Crippen molar-refractivity contribution in [3.05, 3.63) is 0 Å². The lowest BCUT2D eigenvalue weighted by atomic mass is 9.80. The highest BCUT2D eigenvalue weighted by Gasteiger charge is 2.41. The normalized spacial score (nSPS) is 22.4. The number of carboxylic acid groups (broad SMARTS) is 3. The number of hydrogen-bond acceptors (Lipinski definition) is 7. The number of nitrogens with one attached hydrogen (secondary N) is 1. The molecule has 1 fully saturated rings. The topological polar surface area (TPSA) is 168 Å². The van der Waals surface area contributed by atoms with Gasteiger partial charge in [0.05, 0.1) is 26.4 Å². The molecule has 1 amide bonds. The zero-order valence-corrected chi connectivity index (χ0v) is 16.1. The lowest BCUT2D eigenvalue weighted by Gasteiger charge is -2.45. The predicted molar refractivity (Wildman–Crippen MR) is 96.5 cm³/mol. The fraction of sp³-hybridized carbons (Fsp3) is 0.765. The SMILES string of the molecule is CC(C)NC(=O)C1CCC(N(CO)CC(=O)O)C(N(CC(=O)O)CC(=O)O)C1. The molecule has 3 unspecified atom stereocenters. The maximum atomic E-state index is 12.4. The summed E-state index contributed by atoms with van der Waals surface area (Å²) in [6, 6.07) is -1.39. The molecule has 11 nitrogen and oxygen atoms in total. The molecule has 1 saturated carbocycles. The second-order valence-electron chi connectivity index (χ2n) is 7.28. The molecule has 3 atom stereocenters. The summed E-state index contributed by atoms with van der Waals surface area (Å²) in [5.74, 6) is -4.31. The monoisotopic (exact) mass is 403 g/mol. The van der Waals surface area contributed by atoms with E-state index in [1.807, 2.05) is 13.8 Å². The predicted octanol–water partition coefficient (Wildman–Crippen LogP) is -1.14. The Morgan fingerprint density at radius 2 is 1.39 bits per heavy atom. The van der Waals surface area contributed by atoms with Crippen LogP contribution in [0.1, 0.15) is 33.1 Å². The zero-order valence-electron chi connectivity index (χ0n) is 16.1. The number of carbonyl (C=O) groups is 4. The van der Waals surface area contributed by atoms with E-state index in [2.05, 4.69) is 5.32 Å². The Hall–Kier alpha value is -2.24. The van der Waals surface area contributed by atoms with Crippen molar-refractivity contribution in [3.8, 4) is 0 Å². The van der Waals surface area contributed by atoms with Gasteiger partial charge >= 0.3 is 17.9 Å². The number of aliphatic carboxylic acids is 3. The summed E-state index contributed by atoms with van der Waals surface area (Å²) < 4.78 is 0. The van der Waals surface area contributed by atoms with Crippen LogP contribution in [0.3, 0.4) is 0 Å². The van der Waals surface area contributed by atoms with Crippen LogP contribution in [0.15, 0.2) is 0 Å². The highest BCUT2D eigenvalue weighted by molar-refractivity contribution is 5.79. The van der Waals surface area contributed by atoms with Crippen molar-refractivity contribution in [1.29, 1.82) is 0 Å². The van der Waals surface area contributed by atoms with E-state index < -0.39 is 62.3 Å². The van der Waals surface area contributed by atoms with E-state index in [0.29, 0.717) is 12.8 Å². The molecule has 0 aromatic carbocycles. The van der Waals surface area contributed by atoms with Gasteiger partial charge in [-0.1, -0.05) is 0 Å². The number of carboxylic acids is 3. The quantitative estimate of drug-likeness (QED) is 0.266. The van der Waals surface area contributed by atoms with Gasteiger partial charge in [0.25, 0.3) is 0 Å². The molecule has 5 N–H and O–H groups in total. The molecule has 0 aromatic heterocycles. The van der Waals surface area contributed by atoms with Crippen LogP contribution >= 0.6 is 0 Å². The average molecular weight is 403 g/mol. The zero-order chi connectivity index (χ0) is 21.4. The smallest absolute Gasteiger partial charge is 0.317 e. The Kier molecular flexibility index (Phi) is 9.29. The van der Waals surface area contributed by atoms with Crippen LogP contribution in [0.5, 0.6) is 0 Å². The third-order valence-electron chi connectivity index (χ3n) is 4.72. The number of carbonyl (C=O) groups excluding carboxylic acids is 1. The standard InChI is InChI=1S/C17H29N3O8/c1-10(2)18-17(28)11-3-4-12(20(9-21)8-16(26)27)13(5-11)19(6-14(22)23)7-15(24)25/h10-13,21H,3-9H2,1-2H3,(H,18,28)(H,22,23)(H,24,25)(H,26,27). The molecule has 11 heteroatoms. The van der Waals surface area contributed by atoms with Gasteiger partial charge in [-0.3, -0.25) is 29.0 Å². The summed E-state index contributed by atoms with van der Waals surface area (Å²) in [5.41, 5.74) is 0. The van der Waals surface area contributed by atoms with E-state index in [4.69, 9.17) is 5.11 Å². The molecule has 1 rings (SSSR count). The van der Waals surface area contributed by atoms with Crippen LogP contribution in [-0.4, -0.2) is 98.5 Å². The molecule has 160 valence electrons. The van der Waals surface area contributed by atoms with Crippen molar-refractivity contribution in [3.63, 3.8) is 0 Å². The van der Waals surface area contributed by atoms with Crippen molar-refractivity contribution in [2.24, 2.45) is 5.92 Å². The second-order valence-corrected chi connectivity index (χ2v) is 7.28. The maximum absolute atomic E-state index is 12.4. The second kappa shape index (κ2) is 10.9. The summed E-state index contributed by atoms with van der Waals surface area (Å²) in [4.78, 5) is 48.5. The molecular formula is C17H29N3O8. The summed E-state index contributed by atoms with van der Waals surface area (Å²) in [6.45, 7) is 1.42. The molecule has 28 heavy (non-hydrogen) atoms. The van der Waals surface area contributed by atoms with Crippen LogP contribution in [0.25, 0.3) is 0 Å². The van der Waals surface area contributed by atoms with Crippen LogP contribution in [-0.2, 0) is 19.2 Å². The lowest BCUT2D eigenvalue weighted by Crippen LogP contribution is -2.59. The van der Waals surface area contributed by atoms with E-state index in [1.54, 1.807) is 0 Å². The third kappa shape index (κ3) is 7.41. The van der Waals surface area contributed by atoms with Crippen molar-refractivity contribution in [2.75, 3.05) is 26.4 Å². The van der Waals surface area contributed by atoms with E-state index in [1.165, 1.54) is 9.80 Å². The van der Waals surface area contributed by atoms with E-state index in [0.717, 1.165) is 0 Å². The molecule has 1 aliphatic carbocycles. The highest BCUT2D eigenvalue weighted by atomic mass is 16.4. The molecule has 1 aliphatic rings. The van der Waals surface area contributed by atoms with E-state index in [9.17, 15) is 34.5 Å². The molecule has 0 bridgehead atoms. The van der Waals surface area contributed by atoms with Crippen LogP contribution in [0.2, 0.25) is 0 Å². The van der Waals surface area contributed by atoms with Gasteiger partial charge < -0.3 is 25.7 Å². The number of rotatable bonds is 11. The van der Waals surface area contributed by atoms with Crippen molar-refractivity contribution < 1.29 is 39.6 Å². The van der Waals surface area contributed by atoms with Crippen molar-refractivity contribution >= 4 is 23.8 Å². The van der Waals surface area contributed by atoms with Gasteiger partial charge in [-0.15, -0.1) is 0 Å². The Bertz CT molecular complexity index is 567. The molecule has 0 saturated heterocycles. The minimum Gasteiger partial charge on any atom is -0.480 e. The first-order valence-electron chi connectivity index (χ1n) is 9.09. The average Bonchev–Trinajstić information content (AvgIpc) is 2.57. The number of aliphatic hydroxyl groups excluding tert-OH is 1. The van der Waals surface area contributed by atoms with Gasteiger partial charge in [0.1, 0.15) is 0 Å². The van der Waals surface area contributed by atoms with Gasteiger partial charge in [-0.2, -0.15) is 0 Å². The van der Waals surface area contributed by atoms with Gasteiger partial charge in [0, 0.05) is 24.0 Å². The van der Waals surface area contributed by atoms with Gasteiger partial charge in [0.15, 0.2) is 0 Å². The summed E-state index contributed by atoms with van der Waals surface area (Å²) in [5, 5.41) is 39.9. The van der Waals surface area contributed by atoms with Crippen LogP contribution in [0, 0.1) is 5.92 Å². The number of aliphatic hydroxyl groups is 1. The summed E-state index contributed by atoms with van der Waals surface area (Å²) in [6.07, 6.45) is 0.911. The fourth-order valence-corrected chi connectivity index (χ4v) is 3.67. The first kappa shape index (κ1) is 23.8. The van der Waals surface area contributed by atoms with E-state index in [-0.39, 0.29) is 18.4 Å². The van der Waals surface area contributed by atoms with Gasteiger partial charge in [-0.25, -0.2) is 0 Å². The molecule has 0 aliphatic heterocycles. The van der Waals surface area contributed by atoms with Crippen molar-refractivity contribution in [2.45, 2.75) is 51.2 Å². The molecule has 0 heterocycles. The van der Waals surface area contributed by atoms with Crippen LogP contribution < -0.4 is 5.32 Å². The van der Waals surface area contributed by atoms with Gasteiger partial charge in [0.2, 0.25) is 5.91 Å². The Morgan fingerprint density at radius 3 is 1.82 bits per heavy atom. The number of nitrogens with zero attached hydrogens (tertiary/aromatic N) is 2. The third-order valence-corrected chi connectivity index (χ3v) is 4.72. The minimum atomic E-state index is -1.23. The highest BCUT2D eigenvalue weighted by Crippen LogP contribution is 2.31. The first-order chi connectivity index (χ1) is 13.0. The Balaban J connectivity index is 3.15. The first-order valence-corrected chi connectivity index (χ1v) is 9.09. The summed E-state index contributed by atoms with van der Waals surface area (Å²) in [7, 11) is 0. The van der Waals surface area contributed by atoms with Crippen LogP contribution in [0.4, 0.5) is 0 Å². The molecular weight excluding hydrogens is 374 g/mol. The molecule has 0 aromatic rings. The maximum Gasteiger partial charge on any atom is 0.317 e. The van der Waals surface area contributed by atoms with Crippen molar-refractivity contribution in [1.82, 2.24) is 15.1 Å². The Labute approximate surface area is 162 Å². The Morgan fingerprint density at radius 1 is 0.893 bits per heavy atom. The fourth-order valence-electron chi connectivity index (χ4n) is 3.67. The summed E-state index contributed by atoms with van der Waals surface area (Å²) >= 11 is 0. The minimum absolute atomic E-state index is 0.0845. The molecule has 0 spiro atoms.